The second-order valence-electron chi connectivity index (χ2n) is 6.45. The van der Waals surface area contributed by atoms with Crippen LogP contribution in [0.3, 0.4) is 0 Å². The van der Waals surface area contributed by atoms with E-state index in [1.807, 2.05) is 0 Å². The fourth-order valence-corrected chi connectivity index (χ4v) is 2.76. The van der Waals surface area contributed by atoms with Crippen LogP contribution >= 0.6 is 0 Å². The molecule has 0 bridgehead atoms. The first-order valence-corrected chi connectivity index (χ1v) is 8.78. The molecule has 0 heterocycles. The molecule has 0 saturated heterocycles. The van der Waals surface area contributed by atoms with Gasteiger partial charge >= 0.3 is 5.97 Å². The number of hydrogen-bond acceptors (Lipinski definition) is 5. The van der Waals surface area contributed by atoms with Gasteiger partial charge in [0.15, 0.2) is 0 Å². The van der Waals surface area contributed by atoms with Gasteiger partial charge in [-0.15, -0.1) is 0 Å². The van der Waals surface area contributed by atoms with Crippen LogP contribution in [-0.4, -0.2) is 44.4 Å². The predicted octanol–water partition coefficient (Wildman–Crippen LogP) is 2.84. The van der Waals surface area contributed by atoms with Crippen LogP contribution in [0.1, 0.15) is 29.3 Å². The van der Waals surface area contributed by atoms with Gasteiger partial charge in [0.2, 0.25) is 0 Å². The first-order chi connectivity index (χ1) is 13.4. The minimum Gasteiger partial charge on any atom is -0.497 e. The first-order valence-electron chi connectivity index (χ1n) is 8.78. The summed E-state index contributed by atoms with van der Waals surface area (Å²) < 4.78 is 15.6. The van der Waals surface area contributed by atoms with Gasteiger partial charge in [-0.05, 0) is 48.9 Å². The van der Waals surface area contributed by atoms with Crippen molar-refractivity contribution in [1.29, 1.82) is 0 Å². The number of aliphatic carboxylic acids is 1. The van der Waals surface area contributed by atoms with Gasteiger partial charge in [-0.2, -0.15) is 0 Å². The normalized spacial score (nSPS) is 12.7. The Kier molecular flexibility index (Phi) is 7.40. The van der Waals surface area contributed by atoms with Gasteiger partial charge in [-0.1, -0.05) is 12.1 Å². The third-order valence-electron chi connectivity index (χ3n) is 4.27. The molecule has 0 fully saturated rings. The Morgan fingerprint density at radius 2 is 1.75 bits per heavy atom. The number of carbonyl (C=O) groups is 2. The molecule has 7 nitrogen and oxygen atoms in total. The van der Waals surface area contributed by atoms with Crippen LogP contribution in [0.4, 0.5) is 0 Å². The van der Waals surface area contributed by atoms with Crippen molar-refractivity contribution >= 4 is 11.9 Å². The quantitative estimate of drug-likeness (QED) is 0.609. The molecule has 0 aliphatic carbocycles. The highest BCUT2D eigenvalue weighted by atomic mass is 16.5. The number of methoxy groups -OCH3 is 2. The summed E-state index contributed by atoms with van der Waals surface area (Å²) in [5.74, 6) is -0.196. The molecule has 1 atom stereocenters. The zero-order chi connectivity index (χ0) is 20.6. The maximum Gasteiger partial charge on any atom is 0.306 e. The number of carboxylic acids is 1. The molecule has 0 spiro atoms. The molecule has 2 N–H and O–H groups in total. The van der Waals surface area contributed by atoms with E-state index < -0.39 is 11.5 Å². The number of rotatable bonds is 10. The summed E-state index contributed by atoms with van der Waals surface area (Å²) in [6.45, 7) is 2.56. The Bertz CT molecular complexity index is 805. The standard InChI is InChI=1S/C21H25NO6/c1-21(14-19(23)24,16-5-4-6-18(13-16)27-3)22-20(25)15-7-9-17(10-8-15)28-12-11-26-2/h4-10,13H,11-12,14H2,1-3H3,(H,22,25)(H,23,24). The summed E-state index contributed by atoms with van der Waals surface area (Å²) in [6.07, 6.45) is -0.274. The highest BCUT2D eigenvalue weighted by molar-refractivity contribution is 5.95. The molecule has 7 heteroatoms. The monoisotopic (exact) mass is 387 g/mol. The molecule has 2 aromatic rings. The third-order valence-corrected chi connectivity index (χ3v) is 4.27. The van der Waals surface area contributed by atoms with Crippen LogP contribution in [0.15, 0.2) is 48.5 Å². The predicted molar refractivity (Wildman–Crippen MR) is 104 cm³/mol. The van der Waals surface area contributed by atoms with Crippen LogP contribution < -0.4 is 14.8 Å². The lowest BCUT2D eigenvalue weighted by molar-refractivity contribution is -0.138. The van der Waals surface area contributed by atoms with E-state index >= 15 is 0 Å². The molecule has 2 rings (SSSR count). The minimum atomic E-state index is -1.11. The van der Waals surface area contributed by atoms with E-state index in [1.54, 1.807) is 62.6 Å². The zero-order valence-electron chi connectivity index (χ0n) is 16.2. The van der Waals surface area contributed by atoms with Crippen molar-refractivity contribution in [3.8, 4) is 11.5 Å². The van der Waals surface area contributed by atoms with Crippen molar-refractivity contribution in [2.75, 3.05) is 27.4 Å². The van der Waals surface area contributed by atoms with E-state index in [0.29, 0.717) is 35.8 Å². The van der Waals surface area contributed by atoms with Crippen LogP contribution in [0.5, 0.6) is 11.5 Å². The number of nitrogens with one attached hydrogen (secondary N) is 1. The van der Waals surface area contributed by atoms with Gasteiger partial charge in [0.25, 0.3) is 5.91 Å². The fraction of sp³-hybridized carbons (Fsp3) is 0.333. The summed E-state index contributed by atoms with van der Waals surface area (Å²) in [5.41, 5.74) is -0.0637. The average Bonchev–Trinajstić information content (AvgIpc) is 2.68. The van der Waals surface area contributed by atoms with Crippen molar-refractivity contribution in [1.82, 2.24) is 5.32 Å². The van der Waals surface area contributed by atoms with Crippen LogP contribution in [0, 0.1) is 0 Å². The SMILES string of the molecule is COCCOc1ccc(C(=O)NC(C)(CC(=O)O)c2cccc(OC)c2)cc1. The molecule has 28 heavy (non-hydrogen) atoms. The lowest BCUT2D eigenvalue weighted by atomic mass is 9.88. The number of carbonyl (C=O) groups excluding carboxylic acids is 1. The summed E-state index contributed by atoms with van der Waals surface area (Å²) in [6, 6.07) is 13.6. The Morgan fingerprint density at radius 1 is 1.04 bits per heavy atom. The molecule has 0 aliphatic rings. The van der Waals surface area contributed by atoms with Crippen LogP contribution in [0.2, 0.25) is 0 Å². The Hall–Kier alpha value is -3.06. The van der Waals surface area contributed by atoms with E-state index in [-0.39, 0.29) is 12.3 Å². The van der Waals surface area contributed by atoms with E-state index in [9.17, 15) is 14.7 Å². The largest absolute Gasteiger partial charge is 0.497 e. The number of ether oxygens (including phenoxy) is 3. The number of carboxylic acid groups (broad SMARTS) is 1. The first kappa shape index (κ1) is 21.2. The van der Waals surface area contributed by atoms with Crippen LogP contribution in [-0.2, 0) is 15.1 Å². The Morgan fingerprint density at radius 3 is 2.36 bits per heavy atom. The van der Waals surface area contributed by atoms with E-state index in [0.717, 1.165) is 0 Å². The molecule has 150 valence electrons. The average molecular weight is 387 g/mol. The van der Waals surface area contributed by atoms with Crippen molar-refractivity contribution in [2.24, 2.45) is 0 Å². The third kappa shape index (κ3) is 5.72. The summed E-state index contributed by atoms with van der Waals surface area (Å²) in [4.78, 5) is 24.2. The molecular weight excluding hydrogens is 362 g/mol. The van der Waals surface area contributed by atoms with Crippen molar-refractivity contribution in [3.63, 3.8) is 0 Å². The molecule has 1 amide bonds. The minimum absolute atomic E-state index is 0.274. The summed E-state index contributed by atoms with van der Waals surface area (Å²) in [7, 11) is 3.12. The van der Waals surface area contributed by atoms with Gasteiger partial charge in [0, 0.05) is 12.7 Å². The summed E-state index contributed by atoms with van der Waals surface area (Å²) >= 11 is 0. The fourth-order valence-electron chi connectivity index (χ4n) is 2.76. The smallest absolute Gasteiger partial charge is 0.306 e. The van der Waals surface area contributed by atoms with Gasteiger partial charge in [-0.3, -0.25) is 9.59 Å². The van der Waals surface area contributed by atoms with Gasteiger partial charge in [0.05, 0.1) is 25.7 Å². The maximum absolute atomic E-state index is 12.7. The topological polar surface area (TPSA) is 94.1 Å². The Labute approximate surface area is 164 Å². The number of benzene rings is 2. The van der Waals surface area contributed by atoms with E-state index in [1.165, 1.54) is 7.11 Å². The van der Waals surface area contributed by atoms with E-state index in [4.69, 9.17) is 14.2 Å². The lowest BCUT2D eigenvalue weighted by Crippen LogP contribution is -2.45. The van der Waals surface area contributed by atoms with Crippen molar-refractivity contribution in [3.05, 3.63) is 59.7 Å². The second kappa shape index (κ2) is 9.75. The number of amides is 1. The number of hydrogen-bond donors (Lipinski definition) is 2. The summed E-state index contributed by atoms with van der Waals surface area (Å²) in [5, 5.41) is 12.2. The molecule has 2 aromatic carbocycles. The maximum atomic E-state index is 12.7. The highest BCUT2D eigenvalue weighted by Crippen LogP contribution is 2.28. The molecule has 1 unspecified atom stereocenters. The van der Waals surface area contributed by atoms with Gasteiger partial charge in [0.1, 0.15) is 18.1 Å². The zero-order valence-corrected chi connectivity index (χ0v) is 16.2. The van der Waals surface area contributed by atoms with Crippen molar-refractivity contribution < 1.29 is 28.9 Å². The molecule has 0 aromatic heterocycles. The highest BCUT2D eigenvalue weighted by Gasteiger charge is 2.32. The molecular formula is C21H25NO6. The van der Waals surface area contributed by atoms with Gasteiger partial charge in [-0.25, -0.2) is 0 Å². The van der Waals surface area contributed by atoms with E-state index in [2.05, 4.69) is 5.32 Å². The second-order valence-corrected chi connectivity index (χ2v) is 6.45. The molecule has 0 radical (unpaired) electrons. The molecule has 0 aliphatic heterocycles. The van der Waals surface area contributed by atoms with Crippen LogP contribution in [0.25, 0.3) is 0 Å². The van der Waals surface area contributed by atoms with Gasteiger partial charge < -0.3 is 24.6 Å². The lowest BCUT2D eigenvalue weighted by Gasteiger charge is -2.30. The Balaban J connectivity index is 2.19. The molecule has 0 saturated carbocycles. The van der Waals surface area contributed by atoms with Crippen molar-refractivity contribution in [2.45, 2.75) is 18.9 Å².